The fraction of sp³-hybridized carbons (Fsp3) is 0.235. The van der Waals surface area contributed by atoms with E-state index in [0.29, 0.717) is 33.0 Å². The zero-order valence-corrected chi connectivity index (χ0v) is 16.9. The van der Waals surface area contributed by atoms with Crippen LogP contribution in [0.25, 0.3) is 6.08 Å². The molecule has 1 amide bonds. The SMILES string of the molecule is C#CCOc1c(Br)cc(C=C2SC(=S)N(CC(=O)O)C2=O)cc1OCC. The fourth-order valence-electron chi connectivity index (χ4n) is 2.11. The molecule has 9 heteroatoms. The fourth-order valence-corrected chi connectivity index (χ4v) is 3.94. The van der Waals surface area contributed by atoms with Crippen LogP contribution >= 0.6 is 39.9 Å². The number of hydrogen-bond acceptors (Lipinski definition) is 6. The van der Waals surface area contributed by atoms with E-state index in [4.69, 9.17) is 33.2 Å². The zero-order chi connectivity index (χ0) is 19.3. The minimum Gasteiger partial charge on any atom is -0.490 e. The molecule has 136 valence electrons. The second kappa shape index (κ2) is 9.07. The Hall–Kier alpha value is -2.02. The molecule has 1 N–H and O–H groups in total. The Labute approximate surface area is 168 Å². The molecule has 1 heterocycles. The molecule has 0 aromatic heterocycles. The summed E-state index contributed by atoms with van der Waals surface area (Å²) < 4.78 is 11.9. The molecule has 0 atom stereocenters. The molecular formula is C17H14BrNO5S2. The molecule has 0 saturated carbocycles. The van der Waals surface area contributed by atoms with Gasteiger partial charge in [-0.15, -0.1) is 6.42 Å². The first-order valence-corrected chi connectivity index (χ1v) is 9.38. The van der Waals surface area contributed by atoms with Crippen molar-refractivity contribution in [3.05, 3.63) is 27.1 Å². The number of rotatable bonds is 7. The molecule has 2 rings (SSSR count). The number of terminal acetylenes is 1. The highest BCUT2D eigenvalue weighted by Gasteiger charge is 2.33. The number of thiocarbonyl (C=S) groups is 1. The summed E-state index contributed by atoms with van der Waals surface area (Å²) in [5, 5.41) is 8.89. The Morgan fingerprint density at radius 2 is 2.23 bits per heavy atom. The van der Waals surface area contributed by atoms with Crippen LogP contribution in [-0.2, 0) is 9.59 Å². The monoisotopic (exact) mass is 455 g/mol. The number of aliphatic carboxylic acids is 1. The van der Waals surface area contributed by atoms with E-state index < -0.39 is 18.4 Å². The Morgan fingerprint density at radius 3 is 2.85 bits per heavy atom. The van der Waals surface area contributed by atoms with Gasteiger partial charge >= 0.3 is 5.97 Å². The second-order valence-electron chi connectivity index (χ2n) is 4.92. The maximum atomic E-state index is 12.4. The summed E-state index contributed by atoms with van der Waals surface area (Å²) in [5.74, 6) is 1.77. The topological polar surface area (TPSA) is 76.1 Å². The highest BCUT2D eigenvalue weighted by atomic mass is 79.9. The van der Waals surface area contributed by atoms with Crippen molar-refractivity contribution in [1.82, 2.24) is 4.90 Å². The average Bonchev–Trinajstić information content (AvgIpc) is 2.81. The lowest BCUT2D eigenvalue weighted by atomic mass is 10.2. The lowest BCUT2D eigenvalue weighted by Gasteiger charge is -2.13. The van der Waals surface area contributed by atoms with Crippen LogP contribution in [0.3, 0.4) is 0 Å². The van der Waals surface area contributed by atoms with E-state index in [2.05, 4.69) is 21.9 Å². The highest BCUT2D eigenvalue weighted by Crippen LogP contribution is 2.39. The van der Waals surface area contributed by atoms with E-state index in [9.17, 15) is 9.59 Å². The van der Waals surface area contributed by atoms with Gasteiger partial charge in [-0.1, -0.05) is 29.9 Å². The molecule has 26 heavy (non-hydrogen) atoms. The van der Waals surface area contributed by atoms with Gasteiger partial charge in [-0.05, 0) is 46.6 Å². The Morgan fingerprint density at radius 1 is 1.50 bits per heavy atom. The Kier molecular flexibility index (Phi) is 7.08. The predicted molar refractivity (Wildman–Crippen MR) is 107 cm³/mol. The average molecular weight is 456 g/mol. The van der Waals surface area contributed by atoms with Gasteiger partial charge in [-0.2, -0.15) is 0 Å². The highest BCUT2D eigenvalue weighted by molar-refractivity contribution is 9.10. The van der Waals surface area contributed by atoms with Crippen molar-refractivity contribution in [3.8, 4) is 23.8 Å². The van der Waals surface area contributed by atoms with Crippen molar-refractivity contribution in [2.24, 2.45) is 0 Å². The van der Waals surface area contributed by atoms with E-state index in [-0.39, 0.29) is 10.9 Å². The number of carboxylic acids is 1. The summed E-state index contributed by atoms with van der Waals surface area (Å²) >= 11 is 9.55. The van der Waals surface area contributed by atoms with Crippen molar-refractivity contribution in [3.63, 3.8) is 0 Å². The van der Waals surface area contributed by atoms with Crippen LogP contribution in [0.4, 0.5) is 0 Å². The molecular weight excluding hydrogens is 442 g/mol. The summed E-state index contributed by atoms with van der Waals surface area (Å²) in [7, 11) is 0. The van der Waals surface area contributed by atoms with Gasteiger partial charge in [0.05, 0.1) is 16.0 Å². The van der Waals surface area contributed by atoms with E-state index >= 15 is 0 Å². The van der Waals surface area contributed by atoms with Gasteiger partial charge in [0.2, 0.25) is 0 Å². The van der Waals surface area contributed by atoms with Crippen LogP contribution in [0.1, 0.15) is 12.5 Å². The Balaban J connectivity index is 2.35. The van der Waals surface area contributed by atoms with Gasteiger partial charge in [0, 0.05) is 0 Å². The summed E-state index contributed by atoms with van der Waals surface area (Å²) in [4.78, 5) is 24.6. The second-order valence-corrected chi connectivity index (χ2v) is 7.45. The number of thioether (sulfide) groups is 1. The van der Waals surface area contributed by atoms with E-state index in [1.807, 2.05) is 6.92 Å². The van der Waals surface area contributed by atoms with Crippen LogP contribution in [0.5, 0.6) is 11.5 Å². The normalized spacial score (nSPS) is 15.3. The van der Waals surface area contributed by atoms with E-state index in [1.54, 1.807) is 18.2 Å². The van der Waals surface area contributed by atoms with Crippen LogP contribution in [-0.4, -0.2) is 46.0 Å². The first-order valence-electron chi connectivity index (χ1n) is 7.37. The number of ether oxygens (including phenoxy) is 2. The minimum atomic E-state index is -1.13. The first-order chi connectivity index (χ1) is 12.4. The maximum Gasteiger partial charge on any atom is 0.323 e. The third kappa shape index (κ3) is 4.78. The number of carboxylic acid groups (broad SMARTS) is 1. The minimum absolute atomic E-state index is 0.0892. The smallest absolute Gasteiger partial charge is 0.323 e. The largest absolute Gasteiger partial charge is 0.490 e. The summed E-state index contributed by atoms with van der Waals surface area (Å²) in [6, 6.07) is 3.46. The van der Waals surface area contributed by atoms with Gasteiger partial charge < -0.3 is 14.6 Å². The number of hydrogen-bond donors (Lipinski definition) is 1. The molecule has 1 fully saturated rings. The van der Waals surface area contributed by atoms with E-state index in [1.165, 1.54) is 0 Å². The van der Waals surface area contributed by atoms with Gasteiger partial charge in [0.15, 0.2) is 11.5 Å². The number of carbonyl (C=O) groups is 2. The number of amides is 1. The molecule has 0 unspecified atom stereocenters. The number of benzene rings is 1. The molecule has 0 spiro atoms. The standard InChI is InChI=1S/C17H14BrNO5S2/c1-3-5-24-15-11(18)6-10(7-12(15)23-4-2)8-13-16(22)19(9-14(20)21)17(25)26-13/h1,6-8H,4-5,9H2,2H3,(H,20,21). The van der Waals surface area contributed by atoms with Crippen molar-refractivity contribution in [2.45, 2.75) is 6.92 Å². The molecule has 1 aromatic rings. The summed E-state index contributed by atoms with van der Waals surface area (Å²) in [5.41, 5.74) is 0.671. The third-order valence-electron chi connectivity index (χ3n) is 3.10. The molecule has 1 aliphatic heterocycles. The summed E-state index contributed by atoms with van der Waals surface area (Å²) in [6.45, 7) is 1.88. The van der Waals surface area contributed by atoms with Gasteiger partial charge in [-0.3, -0.25) is 14.5 Å². The maximum absolute atomic E-state index is 12.4. The lowest BCUT2D eigenvalue weighted by molar-refractivity contribution is -0.140. The van der Waals surface area contributed by atoms with Crippen LogP contribution in [0, 0.1) is 12.3 Å². The number of halogens is 1. The third-order valence-corrected chi connectivity index (χ3v) is 5.06. The quantitative estimate of drug-likeness (QED) is 0.384. The molecule has 6 nitrogen and oxygen atoms in total. The van der Waals surface area contributed by atoms with E-state index in [0.717, 1.165) is 16.7 Å². The van der Waals surface area contributed by atoms with Gasteiger partial charge in [0.1, 0.15) is 17.5 Å². The van der Waals surface area contributed by atoms with Crippen LogP contribution < -0.4 is 9.47 Å². The van der Waals surface area contributed by atoms with Gasteiger partial charge in [-0.25, -0.2) is 0 Å². The van der Waals surface area contributed by atoms with Crippen molar-refractivity contribution < 1.29 is 24.2 Å². The molecule has 0 bridgehead atoms. The predicted octanol–water partition coefficient (Wildman–Crippen LogP) is 3.15. The lowest BCUT2D eigenvalue weighted by Crippen LogP contribution is -2.33. The molecule has 1 aliphatic rings. The van der Waals surface area contributed by atoms with Crippen molar-refractivity contribution in [1.29, 1.82) is 0 Å². The summed E-state index contributed by atoms with van der Waals surface area (Å²) in [6.07, 6.45) is 6.85. The first kappa shape index (κ1) is 20.3. The van der Waals surface area contributed by atoms with Crippen molar-refractivity contribution in [2.75, 3.05) is 19.8 Å². The number of carbonyl (C=O) groups excluding carboxylic acids is 1. The van der Waals surface area contributed by atoms with Crippen LogP contribution in [0.2, 0.25) is 0 Å². The van der Waals surface area contributed by atoms with Crippen LogP contribution in [0.15, 0.2) is 21.5 Å². The van der Waals surface area contributed by atoms with Gasteiger partial charge in [0.25, 0.3) is 5.91 Å². The van der Waals surface area contributed by atoms with Crippen molar-refractivity contribution >= 4 is 62.2 Å². The number of nitrogens with zero attached hydrogens (tertiary/aromatic N) is 1. The molecule has 1 saturated heterocycles. The molecule has 0 aliphatic carbocycles. The zero-order valence-electron chi connectivity index (χ0n) is 13.7. The molecule has 0 radical (unpaired) electrons. The Bertz CT molecular complexity index is 831. The molecule has 1 aromatic carbocycles.